The van der Waals surface area contributed by atoms with Gasteiger partial charge < -0.3 is 0 Å². The number of nitrogens with one attached hydrogen (secondary N) is 1. The van der Waals surface area contributed by atoms with E-state index >= 15 is 0 Å². The van der Waals surface area contributed by atoms with Gasteiger partial charge in [0, 0.05) is 6.04 Å². The first-order chi connectivity index (χ1) is 7.70. The second kappa shape index (κ2) is 4.83. The van der Waals surface area contributed by atoms with Gasteiger partial charge in [-0.25, -0.2) is 13.1 Å². The lowest BCUT2D eigenvalue weighted by Crippen LogP contribution is -2.59. The monoisotopic (exact) mass is 305 g/mol. The standard InChI is InChI=1S/C7H10F7NO2S/c1-3-4(2)15-18(16,17)7(13,14)5(8,9)6(10,11)12/h4,15H,3H2,1-2H3. The van der Waals surface area contributed by atoms with E-state index in [1.165, 1.54) is 6.92 Å². The molecule has 0 saturated carbocycles. The number of alkyl halides is 7. The van der Waals surface area contributed by atoms with Crippen molar-refractivity contribution < 1.29 is 39.2 Å². The van der Waals surface area contributed by atoms with Crippen molar-refractivity contribution in [2.24, 2.45) is 0 Å². The summed E-state index contributed by atoms with van der Waals surface area (Å²) in [7, 11) is -6.17. The summed E-state index contributed by atoms with van der Waals surface area (Å²) in [6.45, 7) is 2.37. The molecule has 0 radical (unpaired) electrons. The van der Waals surface area contributed by atoms with E-state index in [0.29, 0.717) is 0 Å². The second-order valence-corrected chi connectivity index (χ2v) is 5.27. The Bertz CT molecular complexity index is 389. The fourth-order valence-electron chi connectivity index (χ4n) is 0.756. The summed E-state index contributed by atoms with van der Waals surface area (Å²) in [4.78, 5) is 0. The van der Waals surface area contributed by atoms with E-state index in [1.54, 1.807) is 0 Å². The van der Waals surface area contributed by atoms with Gasteiger partial charge in [-0.05, 0) is 13.3 Å². The number of sulfonamides is 1. The maximum atomic E-state index is 12.9. The predicted octanol–water partition coefficient (Wildman–Crippen LogP) is 2.49. The highest BCUT2D eigenvalue weighted by Gasteiger charge is 2.78. The summed E-state index contributed by atoms with van der Waals surface area (Å²) >= 11 is 0. The van der Waals surface area contributed by atoms with Gasteiger partial charge in [0.05, 0.1) is 0 Å². The lowest BCUT2D eigenvalue weighted by atomic mass is 10.3. The van der Waals surface area contributed by atoms with Crippen LogP contribution in [0.2, 0.25) is 0 Å². The topological polar surface area (TPSA) is 46.2 Å². The first kappa shape index (κ1) is 17.4. The Balaban J connectivity index is 5.52. The summed E-state index contributed by atoms with van der Waals surface area (Å²) in [5.74, 6) is -6.68. The van der Waals surface area contributed by atoms with Crippen LogP contribution in [0.15, 0.2) is 0 Å². The van der Waals surface area contributed by atoms with Crippen molar-refractivity contribution >= 4 is 10.0 Å². The fourth-order valence-corrected chi connectivity index (χ4v) is 2.05. The first-order valence-corrected chi connectivity index (χ1v) is 6.03. The highest BCUT2D eigenvalue weighted by Crippen LogP contribution is 2.48. The van der Waals surface area contributed by atoms with Gasteiger partial charge in [-0.3, -0.25) is 0 Å². The Kier molecular flexibility index (Phi) is 4.68. The highest BCUT2D eigenvalue weighted by atomic mass is 32.2. The molecule has 0 aliphatic carbocycles. The van der Waals surface area contributed by atoms with Crippen LogP contribution in [0, 0.1) is 0 Å². The van der Waals surface area contributed by atoms with Gasteiger partial charge in [0.1, 0.15) is 0 Å². The zero-order valence-electron chi connectivity index (χ0n) is 9.15. The lowest BCUT2D eigenvalue weighted by molar-refractivity contribution is -0.332. The SMILES string of the molecule is CCC(C)NS(=O)(=O)C(F)(F)C(F)(F)C(F)(F)F. The van der Waals surface area contributed by atoms with Gasteiger partial charge in [0.15, 0.2) is 0 Å². The molecule has 1 unspecified atom stereocenters. The van der Waals surface area contributed by atoms with Crippen LogP contribution < -0.4 is 4.72 Å². The Morgan fingerprint density at radius 1 is 1.06 bits per heavy atom. The van der Waals surface area contributed by atoms with Crippen molar-refractivity contribution in [3.8, 4) is 0 Å². The summed E-state index contributed by atoms with van der Waals surface area (Å²) in [6.07, 6.45) is -6.74. The fraction of sp³-hybridized carbons (Fsp3) is 1.00. The smallest absolute Gasteiger partial charge is 0.207 e. The zero-order valence-corrected chi connectivity index (χ0v) is 9.97. The third-order valence-electron chi connectivity index (χ3n) is 2.03. The van der Waals surface area contributed by atoms with Crippen molar-refractivity contribution in [2.75, 3.05) is 0 Å². The van der Waals surface area contributed by atoms with Gasteiger partial charge >= 0.3 is 17.4 Å². The van der Waals surface area contributed by atoms with Crippen molar-refractivity contribution in [3.05, 3.63) is 0 Å². The van der Waals surface area contributed by atoms with Gasteiger partial charge in [0.25, 0.3) is 10.0 Å². The summed E-state index contributed by atoms with van der Waals surface area (Å²) in [6, 6.07) is -1.20. The van der Waals surface area contributed by atoms with Crippen molar-refractivity contribution in [2.45, 2.75) is 43.7 Å². The van der Waals surface area contributed by atoms with Crippen molar-refractivity contribution in [3.63, 3.8) is 0 Å². The maximum Gasteiger partial charge on any atom is 0.461 e. The third-order valence-corrected chi connectivity index (χ3v) is 3.67. The van der Waals surface area contributed by atoms with E-state index in [0.717, 1.165) is 11.6 Å². The largest absolute Gasteiger partial charge is 0.461 e. The van der Waals surface area contributed by atoms with Crippen LogP contribution in [-0.2, 0) is 10.0 Å². The van der Waals surface area contributed by atoms with E-state index in [1.807, 2.05) is 0 Å². The van der Waals surface area contributed by atoms with Gasteiger partial charge in [-0.1, -0.05) is 6.92 Å². The molecule has 0 fully saturated rings. The van der Waals surface area contributed by atoms with E-state index < -0.39 is 33.4 Å². The molecule has 0 aliphatic heterocycles. The molecule has 0 aromatic heterocycles. The van der Waals surface area contributed by atoms with Gasteiger partial charge in [0.2, 0.25) is 0 Å². The molecule has 110 valence electrons. The number of rotatable bonds is 5. The molecule has 0 bridgehead atoms. The average Bonchev–Trinajstić information content (AvgIpc) is 2.14. The molecule has 0 heterocycles. The molecule has 1 atom stereocenters. The molecule has 0 rings (SSSR count). The summed E-state index contributed by atoms with van der Waals surface area (Å²) in [5, 5.41) is -6.29. The van der Waals surface area contributed by atoms with Gasteiger partial charge in [-0.15, -0.1) is 0 Å². The molecule has 11 heteroatoms. The zero-order chi connectivity index (χ0) is 15.0. The molecular weight excluding hydrogens is 295 g/mol. The molecule has 3 nitrogen and oxygen atoms in total. The number of hydrogen-bond acceptors (Lipinski definition) is 2. The first-order valence-electron chi connectivity index (χ1n) is 4.55. The maximum absolute atomic E-state index is 12.9. The Hall–Kier alpha value is -0.580. The lowest BCUT2D eigenvalue weighted by Gasteiger charge is -2.28. The van der Waals surface area contributed by atoms with Gasteiger partial charge in [-0.2, -0.15) is 30.7 Å². The van der Waals surface area contributed by atoms with Crippen molar-refractivity contribution in [1.29, 1.82) is 0 Å². The molecule has 0 spiro atoms. The average molecular weight is 305 g/mol. The molecule has 0 aliphatic rings. The number of halogens is 7. The minimum atomic E-state index is -6.68. The van der Waals surface area contributed by atoms with Crippen LogP contribution in [-0.4, -0.2) is 31.8 Å². The van der Waals surface area contributed by atoms with Crippen LogP contribution in [0.3, 0.4) is 0 Å². The van der Waals surface area contributed by atoms with E-state index in [4.69, 9.17) is 0 Å². The Morgan fingerprint density at radius 2 is 1.44 bits per heavy atom. The third kappa shape index (κ3) is 2.87. The Labute approximate surface area is 98.4 Å². The van der Waals surface area contributed by atoms with Crippen LogP contribution in [0.5, 0.6) is 0 Å². The minimum Gasteiger partial charge on any atom is -0.207 e. The molecule has 0 amide bonds. The molecule has 0 saturated heterocycles. The van der Waals surface area contributed by atoms with Crippen LogP contribution in [0.4, 0.5) is 30.7 Å². The molecule has 0 aromatic carbocycles. The number of hydrogen-bond donors (Lipinski definition) is 1. The van der Waals surface area contributed by atoms with Crippen LogP contribution in [0.1, 0.15) is 20.3 Å². The van der Waals surface area contributed by atoms with E-state index in [2.05, 4.69) is 0 Å². The van der Waals surface area contributed by atoms with E-state index in [9.17, 15) is 39.2 Å². The molecule has 1 N–H and O–H groups in total. The van der Waals surface area contributed by atoms with Crippen LogP contribution >= 0.6 is 0 Å². The van der Waals surface area contributed by atoms with Crippen molar-refractivity contribution in [1.82, 2.24) is 4.72 Å². The molecule has 0 aromatic rings. The molecule has 18 heavy (non-hydrogen) atoms. The van der Waals surface area contributed by atoms with Crippen LogP contribution in [0.25, 0.3) is 0 Å². The quantitative estimate of drug-likeness (QED) is 0.793. The highest BCUT2D eigenvalue weighted by molar-refractivity contribution is 7.90. The molecular formula is C7H10F7NO2S. The summed E-state index contributed by atoms with van der Waals surface area (Å²) in [5.41, 5.74) is 0. The normalized spacial score (nSPS) is 16.7. The predicted molar refractivity (Wildman–Crippen MR) is 47.8 cm³/mol. The minimum absolute atomic E-state index is 0.0626. The summed E-state index contributed by atoms with van der Waals surface area (Å²) < 4.78 is 109. The second-order valence-electron chi connectivity index (χ2n) is 3.52. The Morgan fingerprint density at radius 3 is 1.72 bits per heavy atom. The van der Waals surface area contributed by atoms with E-state index in [-0.39, 0.29) is 6.42 Å².